The van der Waals surface area contributed by atoms with E-state index in [1.807, 2.05) is 20.8 Å². The zero-order valence-corrected chi connectivity index (χ0v) is 13.2. The average molecular weight is 284 g/mol. The lowest BCUT2D eigenvalue weighted by atomic mass is 10.2. The van der Waals surface area contributed by atoms with Crippen molar-refractivity contribution in [2.75, 3.05) is 11.1 Å². The number of hydrogen-bond donors (Lipinski definition) is 2. The van der Waals surface area contributed by atoms with Crippen molar-refractivity contribution < 1.29 is 9.53 Å². The molecule has 0 saturated carbocycles. The highest BCUT2D eigenvalue weighted by molar-refractivity contribution is 7.19. The van der Waals surface area contributed by atoms with Crippen LogP contribution in [-0.2, 0) is 0 Å². The lowest BCUT2D eigenvalue weighted by Crippen LogP contribution is -2.14. The van der Waals surface area contributed by atoms with E-state index in [1.165, 1.54) is 11.3 Å². The van der Waals surface area contributed by atoms with Gasteiger partial charge in [-0.3, -0.25) is 4.79 Å². The van der Waals surface area contributed by atoms with Gasteiger partial charge < -0.3 is 15.8 Å². The Morgan fingerprint density at radius 2 is 2.00 bits per heavy atom. The Bertz CT molecular complexity index is 441. The Morgan fingerprint density at radius 1 is 1.37 bits per heavy atom. The first kappa shape index (κ1) is 15.8. The monoisotopic (exact) mass is 284 g/mol. The number of nitrogens with two attached hydrogens (primary N) is 1. The fraction of sp³-hybridized carbons (Fsp3) is 0.643. The summed E-state index contributed by atoms with van der Waals surface area (Å²) >= 11 is 1.39. The second kappa shape index (κ2) is 6.80. The van der Waals surface area contributed by atoms with E-state index in [1.54, 1.807) is 0 Å². The molecule has 1 aromatic rings. The molecule has 0 aliphatic rings. The van der Waals surface area contributed by atoms with Crippen LogP contribution < -0.4 is 15.8 Å². The van der Waals surface area contributed by atoms with Crippen LogP contribution in [0.1, 0.15) is 57.1 Å². The van der Waals surface area contributed by atoms with Gasteiger partial charge in [0.15, 0.2) is 11.5 Å². The molecular formula is C14H24N2O2S. The molecule has 0 saturated heterocycles. The van der Waals surface area contributed by atoms with E-state index in [0.717, 1.165) is 11.4 Å². The molecule has 0 fully saturated rings. The van der Waals surface area contributed by atoms with Crippen LogP contribution in [0.3, 0.4) is 0 Å². The minimum absolute atomic E-state index is 0.0268. The molecule has 1 aromatic heterocycles. The second-order valence-corrected chi connectivity index (χ2v) is 5.92. The second-order valence-electron chi connectivity index (χ2n) is 4.90. The summed E-state index contributed by atoms with van der Waals surface area (Å²) in [4.78, 5) is 12.5. The van der Waals surface area contributed by atoms with Crippen LogP contribution >= 0.6 is 11.3 Å². The maximum atomic E-state index is 11.9. The van der Waals surface area contributed by atoms with Crippen molar-refractivity contribution in [2.45, 2.75) is 59.6 Å². The first-order valence-electron chi connectivity index (χ1n) is 6.79. The highest BCUT2D eigenvalue weighted by Gasteiger charge is 2.22. The van der Waals surface area contributed by atoms with Gasteiger partial charge in [0.2, 0.25) is 0 Å². The molecule has 1 unspecified atom stereocenters. The van der Waals surface area contributed by atoms with Crippen molar-refractivity contribution in [1.29, 1.82) is 0 Å². The lowest BCUT2D eigenvalue weighted by Gasteiger charge is -2.15. The van der Waals surface area contributed by atoms with Crippen molar-refractivity contribution in [3.05, 3.63) is 4.88 Å². The van der Waals surface area contributed by atoms with E-state index in [0.29, 0.717) is 28.8 Å². The predicted octanol–water partition coefficient (Wildman–Crippen LogP) is 3.92. The van der Waals surface area contributed by atoms with Crippen molar-refractivity contribution in [1.82, 2.24) is 0 Å². The molecule has 19 heavy (non-hydrogen) atoms. The van der Waals surface area contributed by atoms with Gasteiger partial charge in [0.25, 0.3) is 0 Å². The molecule has 1 rings (SSSR count). The molecule has 0 radical (unpaired) electrons. The number of ketones is 1. The largest absolute Gasteiger partial charge is 0.486 e. The molecule has 4 nitrogen and oxygen atoms in total. The molecule has 108 valence electrons. The molecule has 0 aromatic carbocycles. The third-order valence-electron chi connectivity index (χ3n) is 2.82. The first-order valence-corrected chi connectivity index (χ1v) is 7.60. The highest BCUT2D eigenvalue weighted by atomic mass is 32.1. The maximum Gasteiger partial charge on any atom is 0.177 e. The Labute approximate surface area is 119 Å². The molecule has 5 heteroatoms. The van der Waals surface area contributed by atoms with E-state index in [9.17, 15) is 4.79 Å². The van der Waals surface area contributed by atoms with E-state index < -0.39 is 0 Å². The number of hydrogen-bond acceptors (Lipinski definition) is 5. The molecule has 0 bridgehead atoms. The maximum absolute atomic E-state index is 11.9. The molecule has 3 N–H and O–H groups in total. The summed E-state index contributed by atoms with van der Waals surface area (Å²) in [6.07, 6.45) is 1.48. The fourth-order valence-corrected chi connectivity index (χ4v) is 2.75. The Morgan fingerprint density at radius 3 is 2.47 bits per heavy atom. The van der Waals surface area contributed by atoms with Crippen LogP contribution in [0.5, 0.6) is 5.75 Å². The molecule has 0 aliphatic heterocycles. The lowest BCUT2D eigenvalue weighted by molar-refractivity contribution is 0.0992. The van der Waals surface area contributed by atoms with Gasteiger partial charge in [0.05, 0.1) is 16.7 Å². The van der Waals surface area contributed by atoms with Gasteiger partial charge >= 0.3 is 0 Å². The molecule has 0 amide bonds. The Kier molecular flexibility index (Phi) is 5.66. The quantitative estimate of drug-likeness (QED) is 0.745. The minimum Gasteiger partial charge on any atom is -0.486 e. The highest BCUT2D eigenvalue weighted by Crippen LogP contribution is 2.44. The summed E-state index contributed by atoms with van der Waals surface area (Å²) in [6.45, 7) is 9.94. The summed E-state index contributed by atoms with van der Waals surface area (Å²) < 4.78 is 5.77. The molecule has 0 spiro atoms. The van der Waals surface area contributed by atoms with Gasteiger partial charge in [-0.15, -0.1) is 11.3 Å². The van der Waals surface area contributed by atoms with Crippen LogP contribution in [0.25, 0.3) is 0 Å². The minimum atomic E-state index is 0.0268. The Balaban J connectivity index is 3.15. The van der Waals surface area contributed by atoms with Gasteiger partial charge in [-0.05, 0) is 27.2 Å². The molecule has 0 aliphatic carbocycles. The van der Waals surface area contributed by atoms with Crippen LogP contribution in [0.15, 0.2) is 0 Å². The van der Waals surface area contributed by atoms with E-state index in [-0.39, 0.29) is 11.9 Å². The normalized spacial score (nSPS) is 12.5. The van der Waals surface area contributed by atoms with E-state index in [2.05, 4.69) is 19.2 Å². The van der Waals surface area contributed by atoms with Crippen LogP contribution in [0.2, 0.25) is 0 Å². The summed E-state index contributed by atoms with van der Waals surface area (Å²) in [5.41, 5.74) is 6.54. The number of rotatable bonds is 7. The summed E-state index contributed by atoms with van der Waals surface area (Å²) in [7, 11) is 0. The third-order valence-corrected chi connectivity index (χ3v) is 3.98. The van der Waals surface area contributed by atoms with Gasteiger partial charge in [-0.2, -0.15) is 0 Å². The Hall–Kier alpha value is -1.23. The van der Waals surface area contributed by atoms with Crippen molar-refractivity contribution in [2.24, 2.45) is 0 Å². The smallest absolute Gasteiger partial charge is 0.177 e. The predicted molar refractivity (Wildman–Crippen MR) is 82.5 cm³/mol. The topological polar surface area (TPSA) is 64.3 Å². The van der Waals surface area contributed by atoms with Gasteiger partial charge in [-0.1, -0.05) is 13.8 Å². The van der Waals surface area contributed by atoms with Gasteiger partial charge in [0, 0.05) is 12.5 Å². The summed E-state index contributed by atoms with van der Waals surface area (Å²) in [5.74, 6) is 0.686. The molecule has 1 heterocycles. The molecule has 1 atom stereocenters. The van der Waals surface area contributed by atoms with Crippen molar-refractivity contribution >= 4 is 27.8 Å². The number of thiophene rings is 1. The average Bonchev–Trinajstić information content (AvgIpc) is 2.66. The fourth-order valence-electron chi connectivity index (χ4n) is 1.57. The zero-order chi connectivity index (χ0) is 14.6. The number of Topliss-reactive ketones (excluding diaryl/α,β-unsaturated/α-hetero) is 1. The number of carbonyl (C=O) groups is 1. The summed E-state index contributed by atoms with van der Waals surface area (Å²) in [6, 6.07) is 0.317. The van der Waals surface area contributed by atoms with Crippen molar-refractivity contribution in [3.63, 3.8) is 0 Å². The zero-order valence-electron chi connectivity index (χ0n) is 12.4. The standard InChI is InChI=1S/C14H24N2O2S/c1-6-9(5)16-14-12(18-8(3)4)11(15)13(19-14)10(17)7-2/h8-9,16H,6-7,15H2,1-5H3. The van der Waals surface area contributed by atoms with Crippen LogP contribution in [0.4, 0.5) is 10.7 Å². The van der Waals surface area contributed by atoms with Crippen molar-refractivity contribution in [3.8, 4) is 5.75 Å². The number of carbonyl (C=O) groups excluding carboxylic acids is 1. The third kappa shape index (κ3) is 3.86. The van der Waals surface area contributed by atoms with E-state index in [4.69, 9.17) is 10.5 Å². The summed E-state index contributed by atoms with van der Waals surface area (Å²) in [5, 5.41) is 4.23. The first-order chi connectivity index (χ1) is 8.90. The number of nitrogens with one attached hydrogen (secondary N) is 1. The van der Waals surface area contributed by atoms with Gasteiger partial charge in [-0.25, -0.2) is 0 Å². The molecular weight excluding hydrogens is 260 g/mol. The SMILES string of the molecule is CCC(=O)c1sc(NC(C)CC)c(OC(C)C)c1N. The van der Waals surface area contributed by atoms with Crippen LogP contribution in [0, 0.1) is 0 Å². The van der Waals surface area contributed by atoms with Crippen LogP contribution in [-0.4, -0.2) is 17.9 Å². The number of ether oxygens (including phenoxy) is 1. The van der Waals surface area contributed by atoms with E-state index >= 15 is 0 Å². The van der Waals surface area contributed by atoms with Gasteiger partial charge in [0.1, 0.15) is 5.00 Å². The number of nitrogen functional groups attached to an aromatic ring is 1. The number of anilines is 2.